The van der Waals surface area contributed by atoms with Gasteiger partial charge in [-0.1, -0.05) is 6.92 Å². The Kier molecular flexibility index (Phi) is 4.84. The predicted molar refractivity (Wildman–Crippen MR) is 86.1 cm³/mol. The van der Waals surface area contributed by atoms with E-state index in [-0.39, 0.29) is 0 Å². The van der Waals surface area contributed by atoms with Gasteiger partial charge in [0.25, 0.3) is 0 Å². The number of aromatic nitrogens is 4. The number of carbonyl (C=O) groups is 1. The van der Waals surface area contributed by atoms with Crippen molar-refractivity contribution in [3.05, 3.63) is 35.4 Å². The average Bonchev–Trinajstić information content (AvgIpc) is 3.08. The first-order valence-corrected chi connectivity index (χ1v) is 8.25. The van der Waals surface area contributed by atoms with Gasteiger partial charge in [0.05, 0.1) is 12.2 Å². The van der Waals surface area contributed by atoms with Gasteiger partial charge in [-0.25, -0.2) is 14.8 Å². The zero-order valence-electron chi connectivity index (χ0n) is 14.1. The number of halogens is 3. The molecule has 2 aromatic rings. The standard InChI is InChI=1S/C16H18F3N5O2/c1-2-10-7-20-15(21-8-10)23-5-3-11(4-6-23)24-13(16(17,18)19)12(9-22-24)14(25)26/h7-9,11H,2-6H2,1H3,(H,25,26). The van der Waals surface area contributed by atoms with Gasteiger partial charge in [0.15, 0.2) is 5.69 Å². The van der Waals surface area contributed by atoms with Crippen LogP contribution in [-0.4, -0.2) is 43.9 Å². The summed E-state index contributed by atoms with van der Waals surface area (Å²) < 4.78 is 40.8. The van der Waals surface area contributed by atoms with E-state index in [9.17, 15) is 18.0 Å². The molecule has 0 bridgehead atoms. The third-order valence-corrected chi connectivity index (χ3v) is 4.49. The quantitative estimate of drug-likeness (QED) is 0.892. The van der Waals surface area contributed by atoms with Crippen molar-refractivity contribution in [2.45, 2.75) is 38.4 Å². The zero-order chi connectivity index (χ0) is 18.9. The summed E-state index contributed by atoms with van der Waals surface area (Å²) >= 11 is 0. The zero-order valence-corrected chi connectivity index (χ0v) is 14.1. The molecular formula is C16H18F3N5O2. The Morgan fingerprint density at radius 1 is 1.23 bits per heavy atom. The molecule has 26 heavy (non-hydrogen) atoms. The van der Waals surface area contributed by atoms with Crippen molar-refractivity contribution in [2.24, 2.45) is 0 Å². The Morgan fingerprint density at radius 3 is 2.35 bits per heavy atom. The first kappa shape index (κ1) is 18.2. The molecule has 0 aliphatic carbocycles. The summed E-state index contributed by atoms with van der Waals surface area (Å²) in [7, 11) is 0. The maximum absolute atomic E-state index is 13.3. The smallest absolute Gasteiger partial charge is 0.433 e. The molecule has 1 N–H and O–H groups in total. The lowest BCUT2D eigenvalue weighted by molar-refractivity contribution is -0.145. The van der Waals surface area contributed by atoms with Crippen molar-refractivity contribution >= 4 is 11.9 Å². The monoisotopic (exact) mass is 369 g/mol. The normalized spacial score (nSPS) is 16.1. The highest BCUT2D eigenvalue weighted by Gasteiger charge is 2.42. The van der Waals surface area contributed by atoms with Gasteiger partial charge in [0, 0.05) is 25.5 Å². The number of rotatable bonds is 4. The second-order valence-electron chi connectivity index (χ2n) is 6.12. The molecule has 0 spiro atoms. The highest BCUT2D eigenvalue weighted by Crippen LogP contribution is 2.36. The summed E-state index contributed by atoms with van der Waals surface area (Å²) in [5.41, 5.74) is -1.01. The molecule has 0 amide bonds. The molecule has 3 heterocycles. The van der Waals surface area contributed by atoms with E-state index in [1.807, 2.05) is 11.8 Å². The van der Waals surface area contributed by atoms with Crippen molar-refractivity contribution in [2.75, 3.05) is 18.0 Å². The summed E-state index contributed by atoms with van der Waals surface area (Å²) in [6.07, 6.45) is 1.08. The Hall–Kier alpha value is -2.65. The van der Waals surface area contributed by atoms with Crippen molar-refractivity contribution in [1.29, 1.82) is 0 Å². The van der Waals surface area contributed by atoms with Gasteiger partial charge in [-0.05, 0) is 24.8 Å². The van der Waals surface area contributed by atoms with E-state index >= 15 is 0 Å². The largest absolute Gasteiger partial charge is 0.478 e. The first-order chi connectivity index (χ1) is 12.3. The topological polar surface area (TPSA) is 84.1 Å². The number of anilines is 1. The van der Waals surface area contributed by atoms with Crippen LogP contribution in [0.2, 0.25) is 0 Å². The number of piperidine rings is 1. The van der Waals surface area contributed by atoms with Gasteiger partial charge in [-0.15, -0.1) is 0 Å². The minimum absolute atomic E-state index is 0.392. The van der Waals surface area contributed by atoms with Crippen molar-refractivity contribution < 1.29 is 23.1 Å². The molecule has 3 rings (SSSR count). The minimum atomic E-state index is -4.78. The number of aryl methyl sites for hydroxylation is 1. The number of hydrogen-bond donors (Lipinski definition) is 1. The molecule has 0 unspecified atom stereocenters. The lowest BCUT2D eigenvalue weighted by Crippen LogP contribution is -2.37. The molecule has 1 aliphatic heterocycles. The molecule has 0 aromatic carbocycles. The summed E-state index contributed by atoms with van der Waals surface area (Å²) in [5, 5.41) is 12.7. The van der Waals surface area contributed by atoms with Crippen molar-refractivity contribution in [3.8, 4) is 0 Å². The van der Waals surface area contributed by atoms with Crippen LogP contribution in [0.4, 0.5) is 19.1 Å². The van der Waals surface area contributed by atoms with Crippen LogP contribution in [0.25, 0.3) is 0 Å². The maximum Gasteiger partial charge on any atom is 0.433 e. The summed E-state index contributed by atoms with van der Waals surface area (Å²) in [6.45, 7) is 2.93. The Labute approximate surface area is 147 Å². The highest BCUT2D eigenvalue weighted by molar-refractivity contribution is 5.88. The summed E-state index contributed by atoms with van der Waals surface area (Å²) in [5.74, 6) is -1.09. The lowest BCUT2D eigenvalue weighted by atomic mass is 10.0. The summed E-state index contributed by atoms with van der Waals surface area (Å²) in [6, 6.07) is -0.522. The van der Waals surface area contributed by atoms with E-state index in [1.54, 1.807) is 12.4 Å². The van der Waals surface area contributed by atoms with E-state index < -0.39 is 29.4 Å². The third-order valence-electron chi connectivity index (χ3n) is 4.49. The molecule has 1 saturated heterocycles. The Balaban J connectivity index is 1.77. The fourth-order valence-corrected chi connectivity index (χ4v) is 3.08. The van der Waals surface area contributed by atoms with Crippen molar-refractivity contribution in [1.82, 2.24) is 19.7 Å². The molecule has 0 radical (unpaired) electrons. The molecule has 2 aromatic heterocycles. The second kappa shape index (κ2) is 6.93. The second-order valence-corrected chi connectivity index (χ2v) is 6.12. The fraction of sp³-hybridized carbons (Fsp3) is 0.500. The van der Waals surface area contributed by atoms with Gasteiger partial charge in [-0.2, -0.15) is 18.3 Å². The number of alkyl halides is 3. The third kappa shape index (κ3) is 3.49. The van der Waals surface area contributed by atoms with Gasteiger partial charge in [-0.3, -0.25) is 4.68 Å². The van der Waals surface area contributed by atoms with Crippen LogP contribution in [0, 0.1) is 0 Å². The lowest BCUT2D eigenvalue weighted by Gasteiger charge is -2.33. The van der Waals surface area contributed by atoms with Crippen LogP contribution in [-0.2, 0) is 12.6 Å². The molecule has 1 aliphatic rings. The predicted octanol–water partition coefficient (Wildman–Crippen LogP) is 2.79. The maximum atomic E-state index is 13.3. The molecule has 10 heteroatoms. The summed E-state index contributed by atoms with van der Waals surface area (Å²) in [4.78, 5) is 21.6. The van der Waals surface area contributed by atoms with E-state index in [0.717, 1.165) is 22.9 Å². The van der Waals surface area contributed by atoms with E-state index in [4.69, 9.17) is 5.11 Å². The van der Waals surface area contributed by atoms with Crippen LogP contribution < -0.4 is 4.90 Å². The van der Waals surface area contributed by atoms with Crippen molar-refractivity contribution in [3.63, 3.8) is 0 Å². The number of nitrogens with zero attached hydrogens (tertiary/aromatic N) is 5. The molecular weight excluding hydrogens is 351 g/mol. The molecule has 140 valence electrons. The SMILES string of the molecule is CCc1cnc(N2CCC(n3ncc(C(=O)O)c3C(F)(F)F)CC2)nc1. The van der Waals surface area contributed by atoms with Crippen LogP contribution >= 0.6 is 0 Å². The minimum Gasteiger partial charge on any atom is -0.478 e. The highest BCUT2D eigenvalue weighted by atomic mass is 19.4. The van der Waals surface area contributed by atoms with E-state index in [1.165, 1.54) is 0 Å². The average molecular weight is 369 g/mol. The van der Waals surface area contributed by atoms with Crippen LogP contribution in [0.5, 0.6) is 0 Å². The van der Waals surface area contributed by atoms with Gasteiger partial charge in [0.2, 0.25) is 5.95 Å². The van der Waals surface area contributed by atoms with Crippen LogP contribution in [0.3, 0.4) is 0 Å². The van der Waals surface area contributed by atoms with Crippen LogP contribution in [0.1, 0.15) is 47.4 Å². The molecule has 0 atom stereocenters. The molecule has 7 nitrogen and oxygen atoms in total. The van der Waals surface area contributed by atoms with Gasteiger partial charge < -0.3 is 10.0 Å². The van der Waals surface area contributed by atoms with Gasteiger partial charge >= 0.3 is 12.1 Å². The number of carboxylic acid groups (broad SMARTS) is 1. The molecule has 1 fully saturated rings. The first-order valence-electron chi connectivity index (χ1n) is 8.25. The Morgan fingerprint density at radius 2 is 1.85 bits per heavy atom. The molecule has 0 saturated carbocycles. The van der Waals surface area contributed by atoms with E-state index in [2.05, 4.69) is 15.1 Å². The number of hydrogen-bond acceptors (Lipinski definition) is 5. The van der Waals surface area contributed by atoms with E-state index in [0.29, 0.717) is 31.9 Å². The van der Waals surface area contributed by atoms with Gasteiger partial charge in [0.1, 0.15) is 5.56 Å². The number of carboxylic acids is 1. The fourth-order valence-electron chi connectivity index (χ4n) is 3.08. The van der Waals surface area contributed by atoms with Crippen LogP contribution in [0.15, 0.2) is 18.6 Å². The Bertz CT molecular complexity index is 780. The number of aromatic carboxylic acids is 1.